The average molecular weight is 394 g/mol. The molecule has 0 unspecified atom stereocenters. The molecular formula is C21H22N4O4. The van der Waals surface area contributed by atoms with Gasteiger partial charge in [-0.1, -0.05) is 0 Å². The molecule has 0 radical (unpaired) electrons. The molecule has 8 heteroatoms. The lowest BCUT2D eigenvalue weighted by atomic mass is 10.1. The summed E-state index contributed by atoms with van der Waals surface area (Å²) in [4.78, 5) is 26.9. The number of nitrogens with zero attached hydrogens (tertiary/aromatic N) is 4. The molecule has 1 saturated heterocycles. The Bertz CT molecular complexity index is 942. The number of non-ortho nitro benzene ring substituents is 1. The SMILES string of the molecule is CC(C)Oc1ccc(C(=O)N2CCN(c3ccc([N+](=O)[O-])cc3C#N)CC2)cc1. The minimum absolute atomic E-state index is 0.0510. The van der Waals surface area contributed by atoms with Gasteiger partial charge in [-0.15, -0.1) is 0 Å². The summed E-state index contributed by atoms with van der Waals surface area (Å²) in [5.41, 5.74) is 1.41. The Kier molecular flexibility index (Phi) is 5.98. The number of hydrogen-bond acceptors (Lipinski definition) is 6. The van der Waals surface area contributed by atoms with Crippen LogP contribution in [0, 0.1) is 21.4 Å². The van der Waals surface area contributed by atoms with Crippen LogP contribution in [0.4, 0.5) is 11.4 Å². The third-order valence-electron chi connectivity index (χ3n) is 4.69. The number of benzene rings is 2. The van der Waals surface area contributed by atoms with E-state index >= 15 is 0 Å². The highest BCUT2D eigenvalue weighted by Gasteiger charge is 2.24. The second-order valence-electron chi connectivity index (χ2n) is 7.04. The highest BCUT2D eigenvalue weighted by Crippen LogP contribution is 2.26. The maximum absolute atomic E-state index is 12.8. The van der Waals surface area contributed by atoms with Crippen LogP contribution >= 0.6 is 0 Å². The van der Waals surface area contributed by atoms with Gasteiger partial charge in [0.25, 0.3) is 11.6 Å². The summed E-state index contributed by atoms with van der Waals surface area (Å²) in [6, 6.07) is 13.4. The highest BCUT2D eigenvalue weighted by molar-refractivity contribution is 5.94. The number of nitro groups is 1. The van der Waals surface area contributed by atoms with E-state index in [1.54, 1.807) is 35.2 Å². The fourth-order valence-corrected chi connectivity index (χ4v) is 3.28. The van der Waals surface area contributed by atoms with Gasteiger partial charge in [0.2, 0.25) is 0 Å². The lowest BCUT2D eigenvalue weighted by Crippen LogP contribution is -2.49. The molecule has 150 valence electrons. The number of rotatable bonds is 5. The molecule has 0 aromatic heterocycles. The predicted molar refractivity (Wildman–Crippen MR) is 108 cm³/mol. The Balaban J connectivity index is 1.65. The zero-order valence-electron chi connectivity index (χ0n) is 16.4. The second kappa shape index (κ2) is 8.61. The first-order valence-electron chi connectivity index (χ1n) is 9.38. The van der Waals surface area contributed by atoms with E-state index in [2.05, 4.69) is 0 Å². The van der Waals surface area contributed by atoms with Gasteiger partial charge in [0, 0.05) is 43.9 Å². The van der Waals surface area contributed by atoms with Crippen molar-refractivity contribution in [2.75, 3.05) is 31.1 Å². The van der Waals surface area contributed by atoms with Gasteiger partial charge in [-0.25, -0.2) is 0 Å². The van der Waals surface area contributed by atoms with Gasteiger partial charge in [-0.05, 0) is 44.2 Å². The Morgan fingerprint density at radius 2 is 1.79 bits per heavy atom. The van der Waals surface area contributed by atoms with Crippen LogP contribution in [-0.2, 0) is 0 Å². The molecule has 1 heterocycles. The summed E-state index contributed by atoms with van der Waals surface area (Å²) >= 11 is 0. The maximum atomic E-state index is 12.8. The Hall–Kier alpha value is -3.60. The Morgan fingerprint density at radius 1 is 1.14 bits per heavy atom. The van der Waals surface area contributed by atoms with E-state index in [0.29, 0.717) is 37.4 Å². The topological polar surface area (TPSA) is 99.7 Å². The number of carbonyl (C=O) groups is 1. The van der Waals surface area contributed by atoms with Crippen molar-refractivity contribution >= 4 is 17.3 Å². The van der Waals surface area contributed by atoms with E-state index in [4.69, 9.17) is 4.74 Å². The second-order valence-corrected chi connectivity index (χ2v) is 7.04. The molecule has 29 heavy (non-hydrogen) atoms. The number of piperazine rings is 1. The van der Waals surface area contributed by atoms with Crippen LogP contribution in [0.1, 0.15) is 29.8 Å². The molecule has 1 aliphatic heterocycles. The van der Waals surface area contributed by atoms with Crippen LogP contribution in [0.5, 0.6) is 5.75 Å². The first-order chi connectivity index (χ1) is 13.9. The van der Waals surface area contributed by atoms with Crippen molar-refractivity contribution in [1.82, 2.24) is 4.90 Å². The Labute approximate surface area is 169 Å². The molecule has 3 rings (SSSR count). The number of nitro benzene ring substituents is 1. The molecule has 0 N–H and O–H groups in total. The molecule has 0 bridgehead atoms. The first kappa shape index (κ1) is 20.1. The summed E-state index contributed by atoms with van der Waals surface area (Å²) in [5, 5.41) is 20.3. The van der Waals surface area contributed by atoms with Crippen LogP contribution < -0.4 is 9.64 Å². The van der Waals surface area contributed by atoms with Gasteiger partial charge in [0.15, 0.2) is 0 Å². The maximum Gasteiger partial charge on any atom is 0.270 e. The number of anilines is 1. The van der Waals surface area contributed by atoms with E-state index in [1.807, 2.05) is 24.8 Å². The molecular weight excluding hydrogens is 372 g/mol. The minimum Gasteiger partial charge on any atom is -0.491 e. The molecule has 0 saturated carbocycles. The molecule has 1 amide bonds. The van der Waals surface area contributed by atoms with Gasteiger partial charge in [-0.2, -0.15) is 5.26 Å². The van der Waals surface area contributed by atoms with E-state index in [1.165, 1.54) is 12.1 Å². The molecule has 8 nitrogen and oxygen atoms in total. The molecule has 1 fully saturated rings. The Morgan fingerprint density at radius 3 is 2.34 bits per heavy atom. The van der Waals surface area contributed by atoms with E-state index < -0.39 is 4.92 Å². The van der Waals surface area contributed by atoms with Gasteiger partial charge in [0.1, 0.15) is 11.8 Å². The lowest BCUT2D eigenvalue weighted by Gasteiger charge is -2.36. The van der Waals surface area contributed by atoms with Crippen molar-refractivity contribution < 1.29 is 14.5 Å². The predicted octanol–water partition coefficient (Wildman–Crippen LogP) is 3.22. The largest absolute Gasteiger partial charge is 0.491 e. The normalized spacial score (nSPS) is 13.9. The van der Waals surface area contributed by atoms with Gasteiger partial charge < -0.3 is 14.5 Å². The van der Waals surface area contributed by atoms with Crippen molar-refractivity contribution in [3.63, 3.8) is 0 Å². The number of nitriles is 1. The molecule has 2 aromatic rings. The van der Waals surface area contributed by atoms with Crippen molar-refractivity contribution in [2.24, 2.45) is 0 Å². The summed E-state index contributed by atoms with van der Waals surface area (Å²) < 4.78 is 5.60. The van der Waals surface area contributed by atoms with Gasteiger partial charge >= 0.3 is 0 Å². The molecule has 2 aromatic carbocycles. The summed E-state index contributed by atoms with van der Waals surface area (Å²) in [7, 11) is 0. The van der Waals surface area contributed by atoms with Crippen molar-refractivity contribution in [2.45, 2.75) is 20.0 Å². The van der Waals surface area contributed by atoms with E-state index in [9.17, 15) is 20.2 Å². The van der Waals surface area contributed by atoms with Crippen molar-refractivity contribution in [3.05, 3.63) is 63.7 Å². The van der Waals surface area contributed by atoms with Crippen LogP contribution in [0.3, 0.4) is 0 Å². The van der Waals surface area contributed by atoms with Crippen molar-refractivity contribution in [3.8, 4) is 11.8 Å². The zero-order valence-corrected chi connectivity index (χ0v) is 16.4. The molecule has 0 aliphatic carbocycles. The van der Waals surface area contributed by atoms with Crippen LogP contribution in [0.15, 0.2) is 42.5 Å². The zero-order chi connectivity index (χ0) is 21.0. The van der Waals surface area contributed by atoms with Gasteiger partial charge in [0.05, 0.1) is 22.3 Å². The van der Waals surface area contributed by atoms with E-state index in [0.717, 1.165) is 5.75 Å². The monoisotopic (exact) mass is 394 g/mol. The van der Waals surface area contributed by atoms with Crippen LogP contribution in [0.2, 0.25) is 0 Å². The minimum atomic E-state index is -0.515. The number of carbonyl (C=O) groups excluding carboxylic acids is 1. The average Bonchev–Trinajstić information content (AvgIpc) is 2.73. The summed E-state index contributed by atoms with van der Waals surface area (Å²) in [5.74, 6) is 0.675. The lowest BCUT2D eigenvalue weighted by molar-refractivity contribution is -0.384. The summed E-state index contributed by atoms with van der Waals surface area (Å²) in [6.07, 6.45) is 0.0716. The summed E-state index contributed by atoms with van der Waals surface area (Å²) in [6.45, 7) is 6.00. The first-order valence-corrected chi connectivity index (χ1v) is 9.38. The fourth-order valence-electron chi connectivity index (χ4n) is 3.28. The van der Waals surface area contributed by atoms with Gasteiger partial charge in [-0.3, -0.25) is 14.9 Å². The standard InChI is InChI=1S/C21H22N4O4/c1-15(2)29-19-6-3-16(4-7-19)21(26)24-11-9-23(10-12-24)20-8-5-18(25(27)28)13-17(20)14-22/h3-8,13,15H,9-12H2,1-2H3. The van der Waals surface area contributed by atoms with Crippen molar-refractivity contribution in [1.29, 1.82) is 5.26 Å². The quantitative estimate of drug-likeness (QED) is 0.570. The third-order valence-corrected chi connectivity index (χ3v) is 4.69. The number of hydrogen-bond donors (Lipinski definition) is 0. The van der Waals surface area contributed by atoms with E-state index in [-0.39, 0.29) is 23.3 Å². The molecule has 1 aliphatic rings. The third kappa shape index (κ3) is 4.63. The number of amides is 1. The smallest absolute Gasteiger partial charge is 0.270 e. The highest BCUT2D eigenvalue weighted by atomic mass is 16.6. The fraction of sp³-hybridized carbons (Fsp3) is 0.333. The molecule has 0 atom stereocenters. The number of ether oxygens (including phenoxy) is 1. The molecule has 0 spiro atoms. The van der Waals surface area contributed by atoms with Crippen LogP contribution in [0.25, 0.3) is 0 Å². The van der Waals surface area contributed by atoms with Crippen LogP contribution in [-0.4, -0.2) is 48.0 Å².